The van der Waals surface area contributed by atoms with E-state index in [1.54, 1.807) is 17.4 Å². The number of nitrogens with zero attached hydrogens (tertiary/aromatic N) is 2. The standard InChI is InChI=1S/C29H31N3O3S/c1-5-20-11-13-23(14-12-20)31-27(33)22(17-30)16-21-15-18(3)32(19(21)4)28-26(29(34)35-6-2)24-9-7-8-10-25(24)36-28/h11-16H,5-10H2,1-4H3,(H,31,33). The van der Waals surface area contributed by atoms with E-state index in [0.717, 1.165) is 59.6 Å². The summed E-state index contributed by atoms with van der Waals surface area (Å²) in [4.78, 5) is 27.1. The molecular formula is C29H31N3O3S. The van der Waals surface area contributed by atoms with Gasteiger partial charge in [-0.1, -0.05) is 19.1 Å². The van der Waals surface area contributed by atoms with E-state index in [2.05, 4.69) is 16.8 Å². The maximum atomic E-state index is 13.0. The Morgan fingerprint density at radius 1 is 1.17 bits per heavy atom. The summed E-state index contributed by atoms with van der Waals surface area (Å²) in [7, 11) is 0. The first kappa shape index (κ1) is 25.5. The molecule has 36 heavy (non-hydrogen) atoms. The molecule has 0 unspecified atom stereocenters. The summed E-state index contributed by atoms with van der Waals surface area (Å²) < 4.78 is 7.49. The molecule has 0 saturated heterocycles. The number of hydrogen-bond acceptors (Lipinski definition) is 5. The number of nitrogens with one attached hydrogen (secondary N) is 1. The van der Waals surface area contributed by atoms with E-state index in [1.807, 2.05) is 57.2 Å². The van der Waals surface area contributed by atoms with E-state index in [1.165, 1.54) is 10.4 Å². The molecule has 1 aliphatic rings. The minimum absolute atomic E-state index is 0.0194. The molecular weight excluding hydrogens is 470 g/mol. The zero-order valence-corrected chi connectivity index (χ0v) is 22.1. The molecule has 0 aliphatic heterocycles. The normalized spacial score (nSPS) is 13.1. The first-order valence-electron chi connectivity index (χ1n) is 12.4. The Bertz CT molecular complexity index is 1370. The van der Waals surface area contributed by atoms with Gasteiger partial charge in [0.2, 0.25) is 0 Å². The number of aryl methyl sites for hydroxylation is 3. The largest absolute Gasteiger partial charge is 0.462 e. The van der Waals surface area contributed by atoms with Gasteiger partial charge in [0.05, 0.1) is 12.2 Å². The van der Waals surface area contributed by atoms with Crippen LogP contribution in [0.4, 0.5) is 5.69 Å². The molecule has 0 atom stereocenters. The molecule has 1 aliphatic carbocycles. The van der Waals surface area contributed by atoms with E-state index in [4.69, 9.17) is 4.74 Å². The average Bonchev–Trinajstić information content (AvgIpc) is 3.38. The smallest absolute Gasteiger partial charge is 0.341 e. The lowest BCUT2D eigenvalue weighted by molar-refractivity contribution is -0.112. The minimum atomic E-state index is -0.453. The molecule has 1 aromatic carbocycles. The lowest BCUT2D eigenvalue weighted by Gasteiger charge is -2.13. The summed E-state index contributed by atoms with van der Waals surface area (Å²) in [5, 5.41) is 13.4. The van der Waals surface area contributed by atoms with Crippen molar-refractivity contribution in [3.05, 3.63) is 74.4 Å². The highest BCUT2D eigenvalue weighted by Gasteiger charge is 2.28. The molecule has 186 valence electrons. The number of carbonyl (C=O) groups excluding carboxylic acids is 2. The van der Waals surface area contributed by atoms with Gasteiger partial charge in [-0.3, -0.25) is 4.79 Å². The van der Waals surface area contributed by atoms with Crippen LogP contribution in [0.25, 0.3) is 11.1 Å². The third kappa shape index (κ3) is 5.00. The summed E-state index contributed by atoms with van der Waals surface area (Å²) in [6, 6.07) is 11.6. The first-order chi connectivity index (χ1) is 17.4. The summed E-state index contributed by atoms with van der Waals surface area (Å²) >= 11 is 1.64. The van der Waals surface area contributed by atoms with Gasteiger partial charge in [-0.15, -0.1) is 11.3 Å². The van der Waals surface area contributed by atoms with Crippen molar-refractivity contribution in [1.82, 2.24) is 4.57 Å². The van der Waals surface area contributed by atoms with Gasteiger partial charge in [0.1, 0.15) is 16.6 Å². The Kier molecular flexibility index (Phi) is 7.76. The predicted molar refractivity (Wildman–Crippen MR) is 144 cm³/mol. The predicted octanol–water partition coefficient (Wildman–Crippen LogP) is 6.32. The summed E-state index contributed by atoms with van der Waals surface area (Å²) in [5.74, 6) is -0.743. The van der Waals surface area contributed by atoms with Crippen molar-refractivity contribution in [3.8, 4) is 11.1 Å². The van der Waals surface area contributed by atoms with Crippen LogP contribution in [0, 0.1) is 25.2 Å². The number of amides is 1. The highest BCUT2D eigenvalue weighted by Crippen LogP contribution is 2.39. The lowest BCUT2D eigenvalue weighted by Crippen LogP contribution is -2.13. The zero-order chi connectivity index (χ0) is 25.8. The number of thiophene rings is 1. The number of nitriles is 1. The van der Waals surface area contributed by atoms with Gasteiger partial charge in [-0.2, -0.15) is 5.26 Å². The Balaban J connectivity index is 1.70. The second kappa shape index (κ2) is 11.0. The number of carbonyl (C=O) groups is 2. The lowest BCUT2D eigenvalue weighted by atomic mass is 9.95. The number of rotatable bonds is 7. The van der Waals surface area contributed by atoms with Crippen LogP contribution in [-0.2, 0) is 28.8 Å². The zero-order valence-electron chi connectivity index (χ0n) is 21.2. The Morgan fingerprint density at radius 3 is 2.56 bits per heavy atom. The number of benzene rings is 1. The van der Waals surface area contributed by atoms with Crippen molar-refractivity contribution in [2.24, 2.45) is 0 Å². The summed E-state index contributed by atoms with van der Waals surface area (Å²) in [6.07, 6.45) is 6.56. The topological polar surface area (TPSA) is 84.1 Å². The van der Waals surface area contributed by atoms with Crippen LogP contribution in [0.1, 0.15) is 70.0 Å². The molecule has 2 heterocycles. The summed E-state index contributed by atoms with van der Waals surface area (Å²) in [5.41, 5.74) is 6.16. The van der Waals surface area contributed by atoms with Gasteiger partial charge in [0.25, 0.3) is 5.91 Å². The summed E-state index contributed by atoms with van der Waals surface area (Å²) in [6.45, 7) is 8.13. The van der Waals surface area contributed by atoms with Crippen LogP contribution < -0.4 is 5.32 Å². The monoisotopic (exact) mass is 501 g/mol. The molecule has 0 spiro atoms. The molecule has 2 aromatic heterocycles. The molecule has 0 fully saturated rings. The van der Waals surface area contributed by atoms with E-state index >= 15 is 0 Å². The number of hydrogen-bond donors (Lipinski definition) is 1. The van der Waals surface area contributed by atoms with Gasteiger partial charge in [0.15, 0.2) is 0 Å². The van der Waals surface area contributed by atoms with Crippen molar-refractivity contribution in [2.45, 2.75) is 59.8 Å². The van der Waals surface area contributed by atoms with Gasteiger partial charge in [-0.05, 0) is 93.8 Å². The van der Waals surface area contributed by atoms with Crippen molar-refractivity contribution in [2.75, 3.05) is 11.9 Å². The van der Waals surface area contributed by atoms with E-state index in [9.17, 15) is 14.9 Å². The molecule has 0 saturated carbocycles. The maximum Gasteiger partial charge on any atom is 0.341 e. The van der Waals surface area contributed by atoms with Crippen molar-refractivity contribution in [3.63, 3.8) is 0 Å². The highest BCUT2D eigenvalue weighted by atomic mass is 32.1. The molecule has 6 nitrogen and oxygen atoms in total. The van der Waals surface area contributed by atoms with Crippen molar-refractivity contribution in [1.29, 1.82) is 5.26 Å². The molecule has 1 amide bonds. The fourth-order valence-corrected chi connectivity index (χ4v) is 6.18. The SMILES string of the molecule is CCOC(=O)c1c(-n2c(C)cc(C=C(C#N)C(=O)Nc3ccc(CC)cc3)c2C)sc2c1CCCC2. The van der Waals surface area contributed by atoms with E-state index in [0.29, 0.717) is 17.9 Å². The Hall–Kier alpha value is -3.63. The molecule has 1 N–H and O–H groups in total. The van der Waals surface area contributed by atoms with Crippen LogP contribution >= 0.6 is 11.3 Å². The quantitative estimate of drug-likeness (QED) is 0.233. The molecule has 3 aromatic rings. The van der Waals surface area contributed by atoms with Crippen LogP contribution in [0.15, 0.2) is 35.9 Å². The maximum absolute atomic E-state index is 13.0. The second-order valence-corrected chi connectivity index (χ2v) is 10.0. The van der Waals surface area contributed by atoms with Gasteiger partial charge in [0, 0.05) is 22.0 Å². The van der Waals surface area contributed by atoms with Gasteiger partial charge < -0.3 is 14.6 Å². The Labute approximate surface area is 216 Å². The molecule has 4 rings (SSSR count). The number of anilines is 1. The van der Waals surface area contributed by atoms with Gasteiger partial charge >= 0.3 is 5.97 Å². The average molecular weight is 502 g/mol. The number of ether oxygens (including phenoxy) is 1. The molecule has 7 heteroatoms. The van der Waals surface area contributed by atoms with E-state index in [-0.39, 0.29) is 11.5 Å². The van der Waals surface area contributed by atoms with Crippen molar-refractivity contribution >= 4 is 35.0 Å². The van der Waals surface area contributed by atoms with Crippen LogP contribution in [0.5, 0.6) is 0 Å². The minimum Gasteiger partial charge on any atom is -0.462 e. The van der Waals surface area contributed by atoms with Gasteiger partial charge in [-0.25, -0.2) is 4.79 Å². The number of esters is 1. The first-order valence-corrected chi connectivity index (χ1v) is 13.2. The van der Waals surface area contributed by atoms with Crippen molar-refractivity contribution < 1.29 is 14.3 Å². The van der Waals surface area contributed by atoms with Crippen LogP contribution in [0.3, 0.4) is 0 Å². The third-order valence-corrected chi connectivity index (χ3v) is 7.87. The highest BCUT2D eigenvalue weighted by molar-refractivity contribution is 7.15. The fraction of sp³-hybridized carbons (Fsp3) is 0.345. The van der Waals surface area contributed by atoms with Crippen LogP contribution in [0.2, 0.25) is 0 Å². The molecule has 0 bridgehead atoms. The number of fused-ring (bicyclic) bond motifs is 1. The third-order valence-electron chi connectivity index (χ3n) is 6.59. The van der Waals surface area contributed by atoms with E-state index < -0.39 is 5.91 Å². The number of aromatic nitrogens is 1. The molecule has 0 radical (unpaired) electrons. The van der Waals surface area contributed by atoms with Crippen LogP contribution in [-0.4, -0.2) is 23.1 Å². The fourth-order valence-electron chi connectivity index (χ4n) is 4.70. The second-order valence-electron chi connectivity index (χ2n) is 8.95. The Morgan fingerprint density at radius 2 is 1.89 bits per heavy atom.